The molecular weight excluding hydrogens is 362 g/mol. The number of amides is 3. The molecule has 2 heterocycles. The van der Waals surface area contributed by atoms with Crippen LogP contribution in [-0.4, -0.2) is 47.6 Å². The summed E-state index contributed by atoms with van der Waals surface area (Å²) in [6, 6.07) is 5.16. The largest absolute Gasteiger partial charge is 0.479 e. The van der Waals surface area contributed by atoms with Gasteiger partial charge in [0.25, 0.3) is 5.91 Å². The smallest absolute Gasteiger partial charge is 0.410 e. The number of piperidine rings is 1. The quantitative estimate of drug-likeness (QED) is 0.810. The predicted octanol–water partition coefficient (Wildman–Crippen LogP) is 2.99. The molecular formula is C20H27N3O5. The summed E-state index contributed by atoms with van der Waals surface area (Å²) < 4.78 is 10.9. The number of nitrogens with zero attached hydrogens (tertiary/aromatic N) is 1. The number of hydrogen-bond acceptors (Lipinski definition) is 5. The van der Waals surface area contributed by atoms with Crippen molar-refractivity contribution in [3.8, 4) is 5.75 Å². The molecule has 28 heavy (non-hydrogen) atoms. The van der Waals surface area contributed by atoms with Crippen LogP contribution in [0.1, 0.15) is 40.5 Å². The lowest BCUT2D eigenvalue weighted by molar-refractivity contribution is -0.122. The van der Waals surface area contributed by atoms with E-state index >= 15 is 0 Å². The number of ether oxygens (including phenoxy) is 2. The Morgan fingerprint density at radius 2 is 1.93 bits per heavy atom. The Labute approximate surface area is 164 Å². The van der Waals surface area contributed by atoms with Crippen LogP contribution in [0.25, 0.3) is 0 Å². The molecule has 1 aromatic rings. The summed E-state index contributed by atoms with van der Waals surface area (Å²) in [5, 5.41) is 5.66. The Bertz CT molecular complexity index is 779. The second-order valence-corrected chi connectivity index (χ2v) is 8.19. The summed E-state index contributed by atoms with van der Waals surface area (Å²) >= 11 is 0. The Kier molecular flexibility index (Phi) is 5.49. The molecule has 1 saturated heterocycles. The maximum atomic E-state index is 12.6. The van der Waals surface area contributed by atoms with Crippen molar-refractivity contribution in [1.82, 2.24) is 4.90 Å². The predicted molar refractivity (Wildman–Crippen MR) is 104 cm³/mol. The second kappa shape index (κ2) is 7.69. The first kappa shape index (κ1) is 20.0. The number of rotatable bonds is 2. The first-order valence-electron chi connectivity index (χ1n) is 9.53. The van der Waals surface area contributed by atoms with Crippen LogP contribution in [0.15, 0.2) is 18.2 Å². The summed E-state index contributed by atoms with van der Waals surface area (Å²) in [5.41, 5.74) is 0.603. The number of benzene rings is 1. The van der Waals surface area contributed by atoms with Crippen LogP contribution in [0.3, 0.4) is 0 Å². The zero-order valence-corrected chi connectivity index (χ0v) is 16.7. The van der Waals surface area contributed by atoms with Gasteiger partial charge in [-0.3, -0.25) is 9.59 Å². The first-order chi connectivity index (χ1) is 13.1. The molecule has 8 heteroatoms. The van der Waals surface area contributed by atoms with Gasteiger partial charge in [0.05, 0.1) is 5.69 Å². The molecule has 0 bridgehead atoms. The number of anilines is 2. The molecule has 152 valence electrons. The van der Waals surface area contributed by atoms with Crippen LogP contribution in [0.5, 0.6) is 5.75 Å². The lowest BCUT2D eigenvalue weighted by Gasteiger charge is -2.33. The van der Waals surface area contributed by atoms with Crippen LogP contribution in [-0.2, 0) is 14.3 Å². The fraction of sp³-hybridized carbons (Fsp3) is 0.550. The molecule has 0 spiro atoms. The van der Waals surface area contributed by atoms with Crippen LogP contribution in [0, 0.1) is 5.92 Å². The highest BCUT2D eigenvalue weighted by Crippen LogP contribution is 2.32. The van der Waals surface area contributed by atoms with Crippen molar-refractivity contribution < 1.29 is 23.9 Å². The summed E-state index contributed by atoms with van der Waals surface area (Å²) in [6.45, 7) is 8.14. The first-order valence-corrected chi connectivity index (χ1v) is 9.53. The van der Waals surface area contributed by atoms with E-state index in [1.165, 1.54) is 0 Å². The topological polar surface area (TPSA) is 97.0 Å². The van der Waals surface area contributed by atoms with Crippen molar-refractivity contribution in [3.63, 3.8) is 0 Å². The normalized spacial score (nSPS) is 19.9. The Balaban J connectivity index is 1.55. The van der Waals surface area contributed by atoms with E-state index in [-0.39, 0.29) is 23.8 Å². The van der Waals surface area contributed by atoms with Gasteiger partial charge in [-0.2, -0.15) is 0 Å². The Hall–Kier alpha value is -2.77. The van der Waals surface area contributed by atoms with Crippen LogP contribution < -0.4 is 15.4 Å². The molecule has 1 fully saturated rings. The molecule has 0 unspecified atom stereocenters. The Morgan fingerprint density at radius 3 is 2.57 bits per heavy atom. The molecule has 8 nitrogen and oxygen atoms in total. The van der Waals surface area contributed by atoms with Gasteiger partial charge in [-0.1, -0.05) is 0 Å². The second-order valence-electron chi connectivity index (χ2n) is 8.19. The van der Waals surface area contributed by atoms with Crippen molar-refractivity contribution in [2.45, 2.75) is 52.2 Å². The fourth-order valence-electron chi connectivity index (χ4n) is 3.18. The van der Waals surface area contributed by atoms with E-state index in [0.29, 0.717) is 43.1 Å². The van der Waals surface area contributed by atoms with Crippen molar-refractivity contribution >= 4 is 29.3 Å². The van der Waals surface area contributed by atoms with Gasteiger partial charge in [0.1, 0.15) is 11.4 Å². The zero-order chi connectivity index (χ0) is 20.5. The van der Waals surface area contributed by atoms with Gasteiger partial charge in [-0.25, -0.2) is 4.79 Å². The highest BCUT2D eigenvalue weighted by molar-refractivity contribution is 5.99. The van der Waals surface area contributed by atoms with Crippen molar-refractivity contribution in [2.24, 2.45) is 5.92 Å². The SMILES string of the molecule is C[C@H]1Oc2ccc(NC(=O)C3CCN(C(=O)OC(C)(C)C)CC3)cc2NC1=O. The van der Waals surface area contributed by atoms with Gasteiger partial charge in [-0.15, -0.1) is 0 Å². The third kappa shape index (κ3) is 4.74. The van der Waals surface area contributed by atoms with E-state index < -0.39 is 11.7 Å². The van der Waals surface area contributed by atoms with Gasteiger partial charge in [0, 0.05) is 24.7 Å². The molecule has 1 atom stereocenters. The van der Waals surface area contributed by atoms with E-state index in [1.807, 2.05) is 20.8 Å². The maximum absolute atomic E-state index is 12.6. The summed E-state index contributed by atoms with van der Waals surface area (Å²) in [7, 11) is 0. The maximum Gasteiger partial charge on any atom is 0.410 e. The minimum absolute atomic E-state index is 0.0970. The molecule has 3 amide bonds. The standard InChI is InChI=1S/C20H27N3O5/c1-12-17(24)22-15-11-14(5-6-16(15)27-12)21-18(25)13-7-9-23(10-8-13)19(26)28-20(2,3)4/h5-6,11-13H,7-10H2,1-4H3,(H,21,25)(H,22,24)/t12-/m1/s1. The average Bonchev–Trinajstić information content (AvgIpc) is 2.61. The molecule has 2 aliphatic rings. The minimum Gasteiger partial charge on any atom is -0.479 e. The van der Waals surface area contributed by atoms with Crippen molar-refractivity contribution in [1.29, 1.82) is 0 Å². The van der Waals surface area contributed by atoms with Crippen LogP contribution in [0.2, 0.25) is 0 Å². The average molecular weight is 389 g/mol. The lowest BCUT2D eigenvalue weighted by Crippen LogP contribution is -2.43. The summed E-state index contributed by atoms with van der Waals surface area (Å²) in [5.74, 6) is 0.0852. The van der Waals surface area contributed by atoms with Gasteiger partial charge in [-0.05, 0) is 58.7 Å². The molecule has 0 aliphatic carbocycles. The molecule has 0 aromatic heterocycles. The van der Waals surface area contributed by atoms with E-state index in [2.05, 4.69) is 10.6 Å². The summed E-state index contributed by atoms with van der Waals surface area (Å²) in [4.78, 5) is 38.1. The third-order valence-corrected chi connectivity index (χ3v) is 4.70. The molecule has 3 rings (SSSR count). The number of likely N-dealkylation sites (tertiary alicyclic amines) is 1. The zero-order valence-electron chi connectivity index (χ0n) is 16.7. The molecule has 2 N–H and O–H groups in total. The molecule has 0 radical (unpaired) electrons. The number of carbonyl (C=O) groups is 3. The van der Waals surface area contributed by atoms with Gasteiger partial charge >= 0.3 is 6.09 Å². The van der Waals surface area contributed by atoms with Crippen LogP contribution in [0.4, 0.5) is 16.2 Å². The molecule has 2 aliphatic heterocycles. The number of fused-ring (bicyclic) bond motifs is 1. The monoisotopic (exact) mass is 389 g/mol. The van der Waals surface area contributed by atoms with E-state index in [9.17, 15) is 14.4 Å². The molecule has 1 aromatic carbocycles. The van der Waals surface area contributed by atoms with E-state index in [1.54, 1.807) is 30.0 Å². The van der Waals surface area contributed by atoms with Crippen molar-refractivity contribution in [3.05, 3.63) is 18.2 Å². The lowest BCUT2D eigenvalue weighted by atomic mass is 9.96. The number of carbonyl (C=O) groups excluding carboxylic acids is 3. The van der Waals surface area contributed by atoms with Gasteiger partial charge in [0.15, 0.2) is 6.10 Å². The number of hydrogen-bond donors (Lipinski definition) is 2. The molecule has 0 saturated carbocycles. The minimum atomic E-state index is -0.539. The third-order valence-electron chi connectivity index (χ3n) is 4.70. The van der Waals surface area contributed by atoms with E-state index in [0.717, 1.165) is 0 Å². The Morgan fingerprint density at radius 1 is 1.25 bits per heavy atom. The van der Waals surface area contributed by atoms with Crippen LogP contribution >= 0.6 is 0 Å². The highest BCUT2D eigenvalue weighted by atomic mass is 16.6. The van der Waals surface area contributed by atoms with Gasteiger partial charge < -0.3 is 25.0 Å². The van der Waals surface area contributed by atoms with E-state index in [4.69, 9.17) is 9.47 Å². The highest BCUT2D eigenvalue weighted by Gasteiger charge is 2.30. The summed E-state index contributed by atoms with van der Waals surface area (Å²) in [6.07, 6.45) is 0.273. The number of nitrogens with one attached hydrogen (secondary N) is 2. The fourth-order valence-corrected chi connectivity index (χ4v) is 3.18. The van der Waals surface area contributed by atoms with Crippen molar-refractivity contribution in [2.75, 3.05) is 23.7 Å². The van der Waals surface area contributed by atoms with Gasteiger partial charge in [0.2, 0.25) is 5.91 Å².